The molecule has 8 rings (SSSR count). The summed E-state index contributed by atoms with van der Waals surface area (Å²) in [4.78, 5) is 36.0. The summed E-state index contributed by atoms with van der Waals surface area (Å²) in [6.07, 6.45) is 1.24. The van der Waals surface area contributed by atoms with Crippen LogP contribution >= 0.6 is 11.6 Å². The van der Waals surface area contributed by atoms with Gasteiger partial charge < -0.3 is 24.1 Å². The van der Waals surface area contributed by atoms with E-state index in [0.29, 0.717) is 72.7 Å². The molecule has 0 spiro atoms. The number of aromatic nitrogens is 2. The van der Waals surface area contributed by atoms with E-state index in [1.54, 1.807) is 19.2 Å². The molecule has 1 unspecified atom stereocenters. The van der Waals surface area contributed by atoms with E-state index in [2.05, 4.69) is 29.3 Å². The number of fused-ring (bicyclic) bond motifs is 2. The minimum atomic E-state index is -0.789. The predicted octanol–water partition coefficient (Wildman–Crippen LogP) is 6.50. The van der Waals surface area contributed by atoms with Gasteiger partial charge in [-0.2, -0.15) is 10.2 Å². The fourth-order valence-corrected chi connectivity index (χ4v) is 7.96. The van der Waals surface area contributed by atoms with Gasteiger partial charge in [0.25, 0.3) is 0 Å². The van der Waals surface area contributed by atoms with Gasteiger partial charge in [-0.05, 0) is 77.4 Å². The molecule has 1 atom stereocenters. The number of pyridine rings is 1. The second-order valence-corrected chi connectivity index (χ2v) is 14.4. The minimum Gasteiger partial charge on any atom is -0.481 e. The number of benzene rings is 3. The van der Waals surface area contributed by atoms with E-state index in [1.165, 1.54) is 5.56 Å². The molecule has 270 valence electrons. The zero-order valence-corrected chi connectivity index (χ0v) is 29.9. The molecule has 2 aromatic heterocycles. The van der Waals surface area contributed by atoms with Crippen molar-refractivity contribution in [2.24, 2.45) is 11.8 Å². The Balaban J connectivity index is 1.04. The third kappa shape index (κ3) is 6.45. The van der Waals surface area contributed by atoms with Crippen LogP contribution in [-0.2, 0) is 29.1 Å². The molecule has 13 heteroatoms. The summed E-state index contributed by atoms with van der Waals surface area (Å²) < 4.78 is 18.3. The first-order valence-corrected chi connectivity index (χ1v) is 17.8. The van der Waals surface area contributed by atoms with Crippen molar-refractivity contribution in [1.29, 1.82) is 5.26 Å². The van der Waals surface area contributed by atoms with Gasteiger partial charge in [-0.25, -0.2) is 4.98 Å². The highest BCUT2D eigenvalue weighted by atomic mass is 35.5. The Bertz CT molecular complexity index is 2320. The number of carboxylic acid groups (broad SMARTS) is 2. The predicted molar refractivity (Wildman–Crippen MR) is 195 cm³/mol. The third-order valence-electron chi connectivity index (χ3n) is 10.6. The van der Waals surface area contributed by atoms with E-state index < -0.39 is 11.9 Å². The van der Waals surface area contributed by atoms with Gasteiger partial charge in [-0.1, -0.05) is 41.9 Å². The van der Waals surface area contributed by atoms with Crippen molar-refractivity contribution in [2.75, 3.05) is 33.3 Å². The molecule has 3 aliphatic rings. The highest BCUT2D eigenvalue weighted by Gasteiger charge is 2.34. The monoisotopic (exact) mass is 733 g/mol. The molecule has 0 amide bonds. The van der Waals surface area contributed by atoms with Crippen LogP contribution in [0.2, 0.25) is 5.02 Å². The van der Waals surface area contributed by atoms with Crippen molar-refractivity contribution in [1.82, 2.24) is 19.8 Å². The normalized spacial score (nSPS) is 17.6. The van der Waals surface area contributed by atoms with Gasteiger partial charge in [-0.3, -0.25) is 19.4 Å². The van der Waals surface area contributed by atoms with Crippen LogP contribution in [0.5, 0.6) is 11.8 Å². The topological polar surface area (TPSA) is 162 Å². The Kier molecular flexibility index (Phi) is 9.02. The average Bonchev–Trinajstić information content (AvgIpc) is 3.72. The highest BCUT2D eigenvalue weighted by Crippen LogP contribution is 2.44. The van der Waals surface area contributed by atoms with Crippen LogP contribution in [0.4, 0.5) is 0 Å². The first kappa shape index (κ1) is 34.6. The maximum atomic E-state index is 11.2. The van der Waals surface area contributed by atoms with Gasteiger partial charge in [0.1, 0.15) is 22.7 Å². The number of halogens is 1. The molecule has 53 heavy (non-hydrogen) atoms. The fourth-order valence-electron chi connectivity index (χ4n) is 7.74. The molecule has 3 aromatic carbocycles. The Morgan fingerprint density at radius 3 is 2.32 bits per heavy atom. The molecule has 0 saturated carbocycles. The lowest BCUT2D eigenvalue weighted by Crippen LogP contribution is -2.49. The molecule has 1 aliphatic carbocycles. The van der Waals surface area contributed by atoms with E-state index in [4.69, 9.17) is 30.5 Å². The third-order valence-corrected chi connectivity index (χ3v) is 10.9. The van der Waals surface area contributed by atoms with Crippen LogP contribution in [0.25, 0.3) is 33.7 Å². The quantitative estimate of drug-likeness (QED) is 0.152. The molecule has 2 N–H and O–H groups in total. The number of oxazole rings is 1. The van der Waals surface area contributed by atoms with Gasteiger partial charge in [0.2, 0.25) is 17.7 Å². The molecule has 5 aromatic rings. The van der Waals surface area contributed by atoms with Crippen LogP contribution < -0.4 is 9.47 Å². The van der Waals surface area contributed by atoms with Crippen molar-refractivity contribution in [3.8, 4) is 40.4 Å². The molecule has 2 saturated heterocycles. The van der Waals surface area contributed by atoms with Crippen molar-refractivity contribution < 1.29 is 33.7 Å². The van der Waals surface area contributed by atoms with Crippen molar-refractivity contribution in [3.05, 3.63) is 93.0 Å². The second kappa shape index (κ2) is 13.8. The van der Waals surface area contributed by atoms with Gasteiger partial charge in [0, 0.05) is 50.4 Å². The van der Waals surface area contributed by atoms with Gasteiger partial charge in [-0.15, -0.1) is 0 Å². The van der Waals surface area contributed by atoms with E-state index >= 15 is 0 Å². The molecule has 2 fully saturated rings. The van der Waals surface area contributed by atoms with Crippen molar-refractivity contribution in [3.63, 3.8) is 0 Å². The molecule has 4 heterocycles. The van der Waals surface area contributed by atoms with Crippen LogP contribution in [0.15, 0.2) is 59.0 Å². The largest absolute Gasteiger partial charge is 0.481 e. The lowest BCUT2D eigenvalue weighted by atomic mass is 9.91. The van der Waals surface area contributed by atoms with Crippen molar-refractivity contribution in [2.45, 2.75) is 39.0 Å². The standard InChI is InChI=1S/C40H36ClN5O7/c1-21-27(5-3-6-28(21)37-43-33-12-22(11-23(14-42)35(33)53-37)15-45-17-25(18-45)39(47)48)29-7-4-8-31-30(29)9-10-34(31)52-38-32(41)13-24(36(44-38)51-2)16-46-19-26(20-46)40(49)50/h3-8,11-13,25-26,34H,9-10,15-20H2,1-2H3,(H,47,48)(H,49,50). The average molecular weight is 734 g/mol. The first-order valence-electron chi connectivity index (χ1n) is 17.5. The first-order chi connectivity index (χ1) is 25.6. The smallest absolute Gasteiger partial charge is 0.309 e. The van der Waals surface area contributed by atoms with Crippen molar-refractivity contribution >= 4 is 34.6 Å². The molecule has 0 radical (unpaired) electrons. The summed E-state index contributed by atoms with van der Waals surface area (Å²) in [5, 5.41) is 28.8. The second-order valence-electron chi connectivity index (χ2n) is 14.0. The number of hydrogen-bond donors (Lipinski definition) is 2. The zero-order valence-electron chi connectivity index (χ0n) is 29.1. The molecular weight excluding hydrogens is 698 g/mol. The number of methoxy groups -OCH3 is 1. The maximum absolute atomic E-state index is 11.2. The number of rotatable bonds is 11. The Hall–Kier alpha value is -5.48. The molecular formula is C40H36ClN5O7. The Morgan fingerprint density at radius 1 is 0.943 bits per heavy atom. The van der Waals surface area contributed by atoms with Gasteiger partial charge in [0.15, 0.2) is 5.58 Å². The summed E-state index contributed by atoms with van der Waals surface area (Å²) >= 11 is 6.71. The SMILES string of the molecule is COc1nc(OC2CCc3c(-c4cccc(-c5nc6cc(CN7CC(C(=O)O)C7)cc(C#N)c6o5)c4C)cccc32)c(Cl)cc1CN1CC(C(=O)O)C1. The van der Waals surface area contributed by atoms with E-state index in [9.17, 15) is 25.1 Å². The van der Waals surface area contributed by atoms with E-state index in [0.717, 1.165) is 51.8 Å². The number of hydrogen-bond acceptors (Lipinski definition) is 10. The molecule has 2 aliphatic heterocycles. The number of likely N-dealkylation sites (tertiary alicyclic amines) is 2. The number of carboxylic acids is 2. The van der Waals surface area contributed by atoms with Gasteiger partial charge >= 0.3 is 11.9 Å². The Morgan fingerprint density at radius 2 is 1.62 bits per heavy atom. The van der Waals surface area contributed by atoms with E-state index in [1.807, 2.05) is 41.0 Å². The minimum absolute atomic E-state index is 0.275. The van der Waals surface area contributed by atoms with E-state index in [-0.39, 0.29) is 23.8 Å². The lowest BCUT2D eigenvalue weighted by Gasteiger charge is -2.36. The van der Waals surface area contributed by atoms with Crippen LogP contribution in [0, 0.1) is 30.1 Å². The number of carbonyl (C=O) groups is 2. The summed E-state index contributed by atoms with van der Waals surface area (Å²) in [6.45, 7) is 4.94. The van der Waals surface area contributed by atoms with Crippen LogP contribution in [0.1, 0.15) is 45.9 Å². The lowest BCUT2D eigenvalue weighted by molar-refractivity contribution is -0.148. The molecule has 12 nitrogen and oxygen atoms in total. The summed E-state index contributed by atoms with van der Waals surface area (Å²) in [7, 11) is 1.54. The summed E-state index contributed by atoms with van der Waals surface area (Å²) in [5.74, 6) is -1.20. The van der Waals surface area contributed by atoms with Crippen LogP contribution in [0.3, 0.4) is 0 Å². The number of nitrogens with zero attached hydrogens (tertiary/aromatic N) is 5. The Labute approximate surface area is 310 Å². The van der Waals surface area contributed by atoms with Gasteiger partial charge in [0.05, 0.1) is 24.5 Å². The van der Waals surface area contributed by atoms with Crippen LogP contribution in [-0.4, -0.2) is 75.2 Å². The maximum Gasteiger partial charge on any atom is 0.309 e. The number of aliphatic carboxylic acids is 2. The summed E-state index contributed by atoms with van der Waals surface area (Å²) in [6, 6.07) is 20.0. The zero-order chi connectivity index (χ0) is 37.0. The number of ether oxygens (including phenoxy) is 2. The summed E-state index contributed by atoms with van der Waals surface area (Å²) in [5.41, 5.74) is 9.19. The molecule has 0 bridgehead atoms. The fraction of sp³-hybridized carbons (Fsp3) is 0.325. The highest BCUT2D eigenvalue weighted by molar-refractivity contribution is 6.31. The number of nitriles is 1.